The smallest absolute Gasteiger partial charge is 0.254 e. The number of hydrogen-bond donors (Lipinski definition) is 0. The zero-order valence-corrected chi connectivity index (χ0v) is 24.6. The maximum atomic E-state index is 14.0. The highest BCUT2D eigenvalue weighted by Crippen LogP contribution is 2.55. The summed E-state index contributed by atoms with van der Waals surface area (Å²) >= 11 is 0. The van der Waals surface area contributed by atoms with Crippen LogP contribution in [-0.4, -0.2) is 56.5 Å². The molecule has 0 fully saturated rings. The van der Waals surface area contributed by atoms with Crippen LogP contribution in [0.3, 0.4) is 0 Å². The highest BCUT2D eigenvalue weighted by molar-refractivity contribution is 6.07. The second-order valence-electron chi connectivity index (χ2n) is 12.3. The number of carbonyl (C=O) groups excluding carboxylic acids is 2. The summed E-state index contributed by atoms with van der Waals surface area (Å²) < 4.78 is 14.1. The lowest BCUT2D eigenvalue weighted by Gasteiger charge is -2.39. The van der Waals surface area contributed by atoms with Gasteiger partial charge in [0, 0.05) is 36.6 Å². The monoisotopic (exact) mass is 553 g/mol. The van der Waals surface area contributed by atoms with Crippen LogP contribution in [0.5, 0.6) is 5.75 Å². The Morgan fingerprint density at radius 2 is 1.88 bits per heavy atom. The molecule has 2 aromatic heterocycles. The molecule has 0 saturated heterocycles. The van der Waals surface area contributed by atoms with Gasteiger partial charge in [-0.15, -0.1) is 0 Å². The van der Waals surface area contributed by atoms with Gasteiger partial charge in [-0.1, -0.05) is 33.8 Å². The first-order valence-electron chi connectivity index (χ1n) is 14.0. The first-order chi connectivity index (χ1) is 19.5. The molecule has 41 heavy (non-hydrogen) atoms. The molecule has 4 heterocycles. The van der Waals surface area contributed by atoms with E-state index in [1.165, 1.54) is 6.33 Å². The molecule has 0 bridgehead atoms. The van der Waals surface area contributed by atoms with E-state index in [0.29, 0.717) is 47.1 Å². The number of amides is 1. The Balaban J connectivity index is 1.60. The lowest BCUT2D eigenvalue weighted by atomic mass is 9.68. The van der Waals surface area contributed by atoms with Gasteiger partial charge in [-0.05, 0) is 48.1 Å². The number of hydrogen-bond acceptors (Lipinski definition) is 7. The molecule has 0 radical (unpaired) electrons. The number of Topliss-reactive ketones (excluding diaryl/α,β-unsaturated/α-hetero) is 1. The summed E-state index contributed by atoms with van der Waals surface area (Å²) in [4.78, 5) is 38.5. The van der Waals surface area contributed by atoms with Crippen molar-refractivity contribution in [3.63, 3.8) is 0 Å². The summed E-state index contributed by atoms with van der Waals surface area (Å²) in [6, 6.07) is 9.39. The normalized spacial score (nSPS) is 21.8. The van der Waals surface area contributed by atoms with Crippen LogP contribution >= 0.6 is 0 Å². The molecule has 1 amide bonds. The molecule has 9 nitrogen and oxygen atoms in total. The van der Waals surface area contributed by atoms with Gasteiger partial charge in [0.15, 0.2) is 11.6 Å². The van der Waals surface area contributed by atoms with Crippen LogP contribution in [0.25, 0.3) is 17.1 Å². The molecule has 1 aromatic carbocycles. The van der Waals surface area contributed by atoms with Crippen LogP contribution in [0.2, 0.25) is 0 Å². The third kappa shape index (κ3) is 4.26. The van der Waals surface area contributed by atoms with Gasteiger partial charge in [0.05, 0.1) is 30.3 Å². The number of rotatable bonds is 5. The van der Waals surface area contributed by atoms with Crippen molar-refractivity contribution in [1.29, 1.82) is 0 Å². The molecular weight excluding hydrogens is 518 g/mol. The third-order valence-corrected chi connectivity index (χ3v) is 8.47. The average molecular weight is 554 g/mol. The van der Waals surface area contributed by atoms with Crippen molar-refractivity contribution in [3.05, 3.63) is 76.8 Å². The fourth-order valence-corrected chi connectivity index (χ4v) is 6.69. The van der Waals surface area contributed by atoms with E-state index >= 15 is 0 Å². The number of pyridine rings is 1. The van der Waals surface area contributed by atoms with Gasteiger partial charge in [0.25, 0.3) is 5.91 Å². The van der Waals surface area contributed by atoms with Crippen LogP contribution in [0.4, 0.5) is 0 Å². The molecule has 212 valence electrons. The predicted molar refractivity (Wildman–Crippen MR) is 153 cm³/mol. The topological polar surface area (TPSA) is 99.4 Å². The summed E-state index contributed by atoms with van der Waals surface area (Å²) in [5, 5.41) is 4.22. The zero-order valence-electron chi connectivity index (χ0n) is 24.6. The van der Waals surface area contributed by atoms with Gasteiger partial charge in [0.2, 0.25) is 0 Å². The lowest BCUT2D eigenvalue weighted by Crippen LogP contribution is -2.36. The molecule has 0 spiro atoms. The van der Waals surface area contributed by atoms with Crippen LogP contribution < -0.4 is 4.74 Å². The van der Waals surface area contributed by atoms with Crippen molar-refractivity contribution in [1.82, 2.24) is 24.6 Å². The van der Waals surface area contributed by atoms with Crippen molar-refractivity contribution in [2.24, 2.45) is 11.3 Å². The fourth-order valence-electron chi connectivity index (χ4n) is 6.69. The Labute approximate surface area is 239 Å². The SMILES string of the molecule is COc1ccc(-c2cccc(-n3cncn3)n2)c(C)c1[C@H]1C2=C(CC(C)(C)CC2=O)OC2=C1C(=O)N(C)[C@@H]2C(C)C. The quantitative estimate of drug-likeness (QED) is 0.431. The zero-order chi connectivity index (χ0) is 29.2. The second kappa shape index (κ2) is 9.68. The fraction of sp³-hybridized carbons (Fsp3) is 0.406. The van der Waals surface area contributed by atoms with E-state index in [2.05, 4.69) is 37.8 Å². The highest BCUT2D eigenvalue weighted by Gasteiger charge is 2.52. The average Bonchev–Trinajstić information content (AvgIpc) is 3.54. The van der Waals surface area contributed by atoms with E-state index in [1.807, 2.05) is 44.3 Å². The van der Waals surface area contributed by atoms with Crippen molar-refractivity contribution in [2.45, 2.75) is 59.4 Å². The first-order valence-corrected chi connectivity index (χ1v) is 14.0. The van der Waals surface area contributed by atoms with E-state index in [4.69, 9.17) is 14.5 Å². The number of methoxy groups -OCH3 is 1. The van der Waals surface area contributed by atoms with E-state index in [-0.39, 0.29) is 29.1 Å². The van der Waals surface area contributed by atoms with Crippen molar-refractivity contribution < 1.29 is 19.1 Å². The molecular formula is C32H35N5O4. The van der Waals surface area contributed by atoms with Gasteiger partial charge >= 0.3 is 0 Å². The summed E-state index contributed by atoms with van der Waals surface area (Å²) in [6.45, 7) is 10.4. The number of nitrogens with zero attached hydrogens (tertiary/aromatic N) is 5. The minimum Gasteiger partial charge on any atom is -0.496 e. The standard InChI is InChI=1S/C32H35N5O4/c1-17(2)29-30-28(31(39)36(29)6)27(26-21(38)13-32(4,5)14-23(26)41-30)25-18(3)19(11-12-22(25)40-7)20-9-8-10-24(35-20)37-16-33-15-34-37/h8-12,15-17,27,29H,13-14H2,1-7H3/t27-,29+/m0/s1. The Morgan fingerprint density at radius 1 is 1.10 bits per heavy atom. The number of allylic oxidation sites excluding steroid dienone is 2. The van der Waals surface area contributed by atoms with E-state index in [0.717, 1.165) is 22.4 Å². The van der Waals surface area contributed by atoms with E-state index in [1.54, 1.807) is 23.0 Å². The van der Waals surface area contributed by atoms with Gasteiger partial charge in [0.1, 0.15) is 29.9 Å². The van der Waals surface area contributed by atoms with Crippen molar-refractivity contribution >= 4 is 11.7 Å². The van der Waals surface area contributed by atoms with Gasteiger partial charge in [-0.3, -0.25) is 9.59 Å². The molecule has 6 rings (SSSR count). The number of carbonyl (C=O) groups is 2. The maximum Gasteiger partial charge on any atom is 0.254 e. The summed E-state index contributed by atoms with van der Waals surface area (Å²) in [6.07, 6.45) is 4.07. The molecule has 0 saturated carbocycles. The molecule has 3 aromatic rings. The maximum absolute atomic E-state index is 14.0. The van der Waals surface area contributed by atoms with Crippen LogP contribution in [0.15, 0.2) is 65.7 Å². The number of benzene rings is 1. The Morgan fingerprint density at radius 3 is 2.56 bits per heavy atom. The molecule has 9 heteroatoms. The van der Waals surface area contributed by atoms with Gasteiger partial charge in [-0.2, -0.15) is 5.10 Å². The second-order valence-corrected chi connectivity index (χ2v) is 12.3. The third-order valence-electron chi connectivity index (χ3n) is 8.47. The minimum atomic E-state index is -0.607. The molecule has 1 aliphatic carbocycles. The minimum absolute atomic E-state index is 0.00871. The Hall–Kier alpha value is -4.27. The summed E-state index contributed by atoms with van der Waals surface area (Å²) in [5.41, 5.74) is 4.15. The van der Waals surface area contributed by atoms with Gasteiger partial charge < -0.3 is 14.4 Å². The number of ketones is 1. The number of likely N-dealkylation sites (N-methyl/N-ethyl adjacent to an activating group) is 1. The van der Waals surface area contributed by atoms with Crippen molar-refractivity contribution in [3.8, 4) is 22.8 Å². The largest absolute Gasteiger partial charge is 0.496 e. The molecule has 2 aliphatic heterocycles. The molecule has 0 N–H and O–H groups in total. The summed E-state index contributed by atoms with van der Waals surface area (Å²) in [7, 11) is 3.44. The first kappa shape index (κ1) is 26.9. The van der Waals surface area contributed by atoms with E-state index < -0.39 is 5.92 Å². The van der Waals surface area contributed by atoms with Gasteiger partial charge in [-0.25, -0.2) is 14.6 Å². The van der Waals surface area contributed by atoms with Crippen molar-refractivity contribution in [2.75, 3.05) is 14.2 Å². The van der Waals surface area contributed by atoms with Crippen LogP contribution in [-0.2, 0) is 14.3 Å². The lowest BCUT2D eigenvalue weighted by molar-refractivity contribution is -0.126. The Kier molecular flexibility index (Phi) is 6.36. The van der Waals surface area contributed by atoms with E-state index in [9.17, 15) is 9.59 Å². The Bertz CT molecular complexity index is 1630. The molecule has 0 unspecified atom stereocenters. The number of aromatic nitrogens is 4. The number of ether oxygens (including phenoxy) is 2. The highest BCUT2D eigenvalue weighted by atomic mass is 16.5. The molecule has 3 aliphatic rings. The molecule has 2 atom stereocenters. The van der Waals surface area contributed by atoms with Crippen LogP contribution in [0, 0.1) is 18.3 Å². The predicted octanol–water partition coefficient (Wildman–Crippen LogP) is 5.15. The van der Waals surface area contributed by atoms with Crippen LogP contribution in [0.1, 0.15) is 57.6 Å². The summed E-state index contributed by atoms with van der Waals surface area (Å²) in [5.74, 6) is 1.98.